The number of anilines is 1. The van der Waals surface area contributed by atoms with E-state index in [0.717, 1.165) is 35.7 Å². The summed E-state index contributed by atoms with van der Waals surface area (Å²) in [5.41, 5.74) is 2.56. The monoisotopic (exact) mass is 258 g/mol. The van der Waals surface area contributed by atoms with E-state index >= 15 is 0 Å². The van der Waals surface area contributed by atoms with Crippen molar-refractivity contribution < 1.29 is 9.53 Å². The fraction of sp³-hybridized carbons (Fsp3) is 0.400. The van der Waals surface area contributed by atoms with Gasteiger partial charge in [-0.2, -0.15) is 0 Å². The number of amides is 1. The highest BCUT2D eigenvalue weighted by molar-refractivity contribution is 6.31. The van der Waals surface area contributed by atoms with Crippen molar-refractivity contribution in [2.45, 2.75) is 19.3 Å². The first-order valence-electron chi connectivity index (χ1n) is 6.73. The first kappa shape index (κ1) is 12.1. The van der Waals surface area contributed by atoms with E-state index < -0.39 is 0 Å². The molecule has 4 nitrogen and oxygen atoms in total. The minimum absolute atomic E-state index is 0.0196. The van der Waals surface area contributed by atoms with Gasteiger partial charge in [-0.1, -0.05) is 0 Å². The summed E-state index contributed by atoms with van der Waals surface area (Å²) in [6.45, 7) is 2.08. The molecule has 0 radical (unpaired) electrons. The van der Waals surface area contributed by atoms with Crippen LogP contribution in [0.5, 0.6) is 5.75 Å². The Morgan fingerprint density at radius 2 is 2.05 bits per heavy atom. The molecule has 0 aromatic heterocycles. The molecule has 3 rings (SSSR count). The Kier molecular flexibility index (Phi) is 3.15. The predicted octanol–water partition coefficient (Wildman–Crippen LogP) is 2.47. The SMILES string of the molecule is COc1ccc2c(c1)/C(=C\N1CCCCC1)C(=O)N2. The zero-order valence-electron chi connectivity index (χ0n) is 11.1. The van der Waals surface area contributed by atoms with E-state index in [9.17, 15) is 4.79 Å². The van der Waals surface area contributed by atoms with Gasteiger partial charge in [-0.05, 0) is 37.5 Å². The summed E-state index contributed by atoms with van der Waals surface area (Å²) in [6.07, 6.45) is 5.70. The number of hydrogen-bond acceptors (Lipinski definition) is 3. The van der Waals surface area contributed by atoms with Crippen LogP contribution in [0.4, 0.5) is 5.69 Å². The van der Waals surface area contributed by atoms with Gasteiger partial charge in [0.15, 0.2) is 0 Å². The van der Waals surface area contributed by atoms with Crippen molar-refractivity contribution in [3.63, 3.8) is 0 Å². The Hall–Kier alpha value is -1.97. The van der Waals surface area contributed by atoms with Gasteiger partial charge in [0.1, 0.15) is 5.75 Å². The molecule has 1 aromatic rings. The second-order valence-electron chi connectivity index (χ2n) is 5.01. The average Bonchev–Trinajstić information content (AvgIpc) is 2.76. The van der Waals surface area contributed by atoms with Crippen LogP contribution in [0, 0.1) is 0 Å². The maximum atomic E-state index is 12.1. The van der Waals surface area contributed by atoms with Gasteiger partial charge in [-0.15, -0.1) is 0 Å². The lowest BCUT2D eigenvalue weighted by atomic mass is 10.1. The third-order valence-electron chi connectivity index (χ3n) is 3.71. The van der Waals surface area contributed by atoms with Gasteiger partial charge in [0.25, 0.3) is 5.91 Å². The molecular weight excluding hydrogens is 240 g/mol. The van der Waals surface area contributed by atoms with Crippen LogP contribution in [0.15, 0.2) is 24.4 Å². The van der Waals surface area contributed by atoms with Crippen LogP contribution in [0.2, 0.25) is 0 Å². The molecule has 0 spiro atoms. The van der Waals surface area contributed by atoms with E-state index in [1.165, 1.54) is 19.3 Å². The number of benzene rings is 1. The van der Waals surface area contributed by atoms with Crippen LogP contribution in [-0.2, 0) is 4.79 Å². The lowest BCUT2D eigenvalue weighted by molar-refractivity contribution is -0.110. The normalized spacial score (nSPS) is 20.4. The lowest BCUT2D eigenvalue weighted by Gasteiger charge is -2.25. The van der Waals surface area contributed by atoms with Crippen molar-refractivity contribution in [2.24, 2.45) is 0 Å². The Bertz CT molecular complexity index is 531. The number of nitrogens with zero attached hydrogens (tertiary/aromatic N) is 1. The smallest absolute Gasteiger partial charge is 0.257 e. The molecule has 0 atom stereocenters. The minimum Gasteiger partial charge on any atom is -0.497 e. The molecule has 2 aliphatic heterocycles. The zero-order chi connectivity index (χ0) is 13.2. The van der Waals surface area contributed by atoms with E-state index in [1.807, 2.05) is 24.4 Å². The van der Waals surface area contributed by atoms with Crippen LogP contribution in [0.1, 0.15) is 24.8 Å². The first-order chi connectivity index (χ1) is 9.28. The molecule has 1 N–H and O–H groups in total. The molecule has 1 amide bonds. The van der Waals surface area contributed by atoms with Crippen LogP contribution in [-0.4, -0.2) is 31.0 Å². The molecule has 100 valence electrons. The first-order valence-corrected chi connectivity index (χ1v) is 6.73. The van der Waals surface area contributed by atoms with Crippen LogP contribution >= 0.6 is 0 Å². The minimum atomic E-state index is -0.0196. The lowest BCUT2D eigenvalue weighted by Crippen LogP contribution is -2.25. The number of carbonyl (C=O) groups excluding carboxylic acids is 1. The third-order valence-corrected chi connectivity index (χ3v) is 3.71. The summed E-state index contributed by atoms with van der Waals surface area (Å²) in [7, 11) is 1.64. The quantitative estimate of drug-likeness (QED) is 0.829. The predicted molar refractivity (Wildman–Crippen MR) is 75.0 cm³/mol. The molecule has 2 heterocycles. The molecule has 1 saturated heterocycles. The van der Waals surface area contributed by atoms with Gasteiger partial charge in [-0.3, -0.25) is 4.79 Å². The number of nitrogens with one attached hydrogen (secondary N) is 1. The maximum Gasteiger partial charge on any atom is 0.257 e. The maximum absolute atomic E-state index is 12.1. The van der Waals surface area contributed by atoms with Crippen molar-refractivity contribution in [3.8, 4) is 5.75 Å². The number of rotatable bonds is 2. The van der Waals surface area contributed by atoms with Crippen molar-refractivity contribution in [1.82, 2.24) is 4.90 Å². The standard InChI is InChI=1S/C15H18N2O2/c1-19-11-5-6-14-12(9-11)13(15(18)16-14)10-17-7-3-2-4-8-17/h5-6,9-10H,2-4,7-8H2,1H3,(H,16,18)/b13-10+. The Morgan fingerprint density at radius 1 is 1.26 bits per heavy atom. The summed E-state index contributed by atoms with van der Waals surface area (Å²) in [6, 6.07) is 5.68. The van der Waals surface area contributed by atoms with Crippen LogP contribution in [0.25, 0.3) is 5.57 Å². The highest BCUT2D eigenvalue weighted by Gasteiger charge is 2.25. The molecule has 0 bridgehead atoms. The van der Waals surface area contributed by atoms with E-state index in [1.54, 1.807) is 7.11 Å². The van der Waals surface area contributed by atoms with Crippen molar-refractivity contribution in [1.29, 1.82) is 0 Å². The topological polar surface area (TPSA) is 41.6 Å². The number of piperidine rings is 1. The number of hydrogen-bond donors (Lipinski definition) is 1. The molecule has 0 saturated carbocycles. The van der Waals surface area contributed by atoms with Gasteiger partial charge in [-0.25, -0.2) is 0 Å². The van der Waals surface area contributed by atoms with E-state index in [2.05, 4.69) is 10.2 Å². The second-order valence-corrected chi connectivity index (χ2v) is 5.01. The van der Waals surface area contributed by atoms with Gasteiger partial charge >= 0.3 is 0 Å². The van der Waals surface area contributed by atoms with Crippen molar-refractivity contribution >= 4 is 17.2 Å². The van der Waals surface area contributed by atoms with Gasteiger partial charge < -0.3 is 15.0 Å². The van der Waals surface area contributed by atoms with Gasteiger partial charge in [0, 0.05) is 30.5 Å². The van der Waals surface area contributed by atoms with E-state index in [4.69, 9.17) is 4.74 Å². The molecule has 19 heavy (non-hydrogen) atoms. The van der Waals surface area contributed by atoms with Gasteiger partial charge in [0.05, 0.1) is 12.7 Å². The fourth-order valence-corrected chi connectivity index (χ4v) is 2.65. The Morgan fingerprint density at radius 3 is 2.79 bits per heavy atom. The van der Waals surface area contributed by atoms with Gasteiger partial charge in [0.2, 0.25) is 0 Å². The second kappa shape index (κ2) is 4.96. The summed E-state index contributed by atoms with van der Waals surface area (Å²) < 4.78 is 5.23. The molecule has 1 aromatic carbocycles. The number of methoxy groups -OCH3 is 1. The number of ether oxygens (including phenoxy) is 1. The highest BCUT2D eigenvalue weighted by atomic mass is 16.5. The summed E-state index contributed by atoms with van der Waals surface area (Å²) in [4.78, 5) is 14.3. The van der Waals surface area contributed by atoms with Crippen molar-refractivity contribution in [2.75, 3.05) is 25.5 Å². The molecule has 0 unspecified atom stereocenters. The zero-order valence-corrected chi connectivity index (χ0v) is 11.1. The van der Waals surface area contributed by atoms with Crippen LogP contribution in [0.3, 0.4) is 0 Å². The number of carbonyl (C=O) groups is 1. The van der Waals surface area contributed by atoms with E-state index in [0.29, 0.717) is 0 Å². The van der Waals surface area contributed by atoms with Crippen LogP contribution < -0.4 is 10.1 Å². The molecule has 4 heteroatoms. The Balaban J connectivity index is 1.94. The third kappa shape index (κ3) is 2.30. The van der Waals surface area contributed by atoms with Crippen molar-refractivity contribution in [3.05, 3.63) is 30.0 Å². The summed E-state index contributed by atoms with van der Waals surface area (Å²) in [5.74, 6) is 0.758. The molecule has 1 fully saturated rings. The molecule has 0 aliphatic carbocycles. The number of likely N-dealkylation sites (tertiary alicyclic amines) is 1. The largest absolute Gasteiger partial charge is 0.497 e. The molecular formula is C15H18N2O2. The average molecular weight is 258 g/mol. The summed E-state index contributed by atoms with van der Waals surface area (Å²) in [5, 5.41) is 2.90. The summed E-state index contributed by atoms with van der Waals surface area (Å²) >= 11 is 0. The number of fused-ring (bicyclic) bond motifs is 1. The highest BCUT2D eigenvalue weighted by Crippen LogP contribution is 2.34. The molecule has 2 aliphatic rings. The van der Waals surface area contributed by atoms with E-state index in [-0.39, 0.29) is 5.91 Å². The Labute approximate surface area is 113 Å². The fourth-order valence-electron chi connectivity index (χ4n) is 2.65.